The molecule has 5 heteroatoms. The molecule has 0 atom stereocenters. The maximum Gasteiger partial charge on any atom is 0.272 e. The van der Waals surface area contributed by atoms with Gasteiger partial charge in [-0.3, -0.25) is 9.89 Å². The van der Waals surface area contributed by atoms with Crippen LogP contribution in [0.5, 0.6) is 0 Å². The quantitative estimate of drug-likeness (QED) is 0.755. The van der Waals surface area contributed by atoms with Gasteiger partial charge in [-0.25, -0.2) is 0 Å². The summed E-state index contributed by atoms with van der Waals surface area (Å²) in [6, 6.07) is 7.53. The van der Waals surface area contributed by atoms with Crippen LogP contribution in [0.2, 0.25) is 0 Å². The van der Waals surface area contributed by atoms with Crippen molar-refractivity contribution in [3.8, 4) is 0 Å². The van der Waals surface area contributed by atoms with Crippen LogP contribution < -0.4 is 5.32 Å². The number of carbonyl (C=O) groups excluding carboxylic acids is 1. The van der Waals surface area contributed by atoms with E-state index in [1.165, 1.54) is 0 Å². The molecule has 0 unspecified atom stereocenters. The fourth-order valence-electron chi connectivity index (χ4n) is 2.27. The standard InChI is InChI=1S/C15H21N3O2/c1-3-15(4-2,10-19)9-16-14(20)13-11-7-5-6-8-12(11)17-18-13/h5-8,19H,3-4,9-10H2,1-2H3,(H,16,20)(H,17,18). The molecule has 0 radical (unpaired) electrons. The van der Waals surface area contributed by atoms with Crippen molar-refractivity contribution in [2.24, 2.45) is 5.41 Å². The highest BCUT2D eigenvalue weighted by Crippen LogP contribution is 2.24. The maximum absolute atomic E-state index is 12.2. The Morgan fingerprint density at radius 2 is 2.05 bits per heavy atom. The van der Waals surface area contributed by atoms with E-state index in [1.807, 2.05) is 38.1 Å². The van der Waals surface area contributed by atoms with Crippen molar-refractivity contribution in [2.75, 3.05) is 13.2 Å². The number of benzene rings is 1. The van der Waals surface area contributed by atoms with Crippen LogP contribution in [-0.2, 0) is 0 Å². The number of hydrogen-bond acceptors (Lipinski definition) is 3. The predicted octanol–water partition coefficient (Wildman–Crippen LogP) is 2.09. The van der Waals surface area contributed by atoms with Crippen molar-refractivity contribution >= 4 is 16.8 Å². The van der Waals surface area contributed by atoms with Crippen molar-refractivity contribution in [1.29, 1.82) is 0 Å². The summed E-state index contributed by atoms with van der Waals surface area (Å²) in [5.74, 6) is -0.206. The molecule has 0 fully saturated rings. The zero-order valence-electron chi connectivity index (χ0n) is 11.9. The predicted molar refractivity (Wildman–Crippen MR) is 78.5 cm³/mol. The van der Waals surface area contributed by atoms with Gasteiger partial charge in [0.2, 0.25) is 0 Å². The molecule has 0 spiro atoms. The number of hydrogen-bond donors (Lipinski definition) is 3. The van der Waals surface area contributed by atoms with Gasteiger partial charge in [0.15, 0.2) is 5.69 Å². The van der Waals surface area contributed by atoms with Crippen molar-refractivity contribution in [3.05, 3.63) is 30.0 Å². The lowest BCUT2D eigenvalue weighted by Gasteiger charge is -2.29. The summed E-state index contributed by atoms with van der Waals surface area (Å²) in [6.07, 6.45) is 1.64. The first-order chi connectivity index (χ1) is 9.65. The van der Waals surface area contributed by atoms with E-state index in [1.54, 1.807) is 0 Å². The average Bonchev–Trinajstić information content (AvgIpc) is 2.93. The number of rotatable bonds is 6. The second-order valence-corrected chi connectivity index (χ2v) is 5.17. The number of aliphatic hydroxyl groups excluding tert-OH is 1. The number of carbonyl (C=O) groups is 1. The molecule has 1 aromatic heterocycles. The third kappa shape index (κ3) is 2.67. The van der Waals surface area contributed by atoms with E-state index in [0.717, 1.165) is 23.7 Å². The molecule has 2 rings (SSSR count). The fraction of sp³-hybridized carbons (Fsp3) is 0.467. The van der Waals surface area contributed by atoms with Gasteiger partial charge in [0.05, 0.1) is 12.1 Å². The molecular weight excluding hydrogens is 254 g/mol. The van der Waals surface area contributed by atoms with E-state index in [2.05, 4.69) is 15.5 Å². The van der Waals surface area contributed by atoms with Crippen LogP contribution in [0.25, 0.3) is 10.9 Å². The largest absolute Gasteiger partial charge is 0.396 e. The summed E-state index contributed by atoms with van der Waals surface area (Å²) in [5, 5.41) is 20.1. The minimum Gasteiger partial charge on any atom is -0.396 e. The van der Waals surface area contributed by atoms with Gasteiger partial charge in [0, 0.05) is 17.3 Å². The number of aromatic nitrogens is 2. The number of nitrogens with zero attached hydrogens (tertiary/aromatic N) is 1. The molecule has 1 aromatic carbocycles. The Hall–Kier alpha value is -1.88. The number of aliphatic hydroxyl groups is 1. The lowest BCUT2D eigenvalue weighted by molar-refractivity contribution is 0.0848. The number of para-hydroxylation sites is 1. The van der Waals surface area contributed by atoms with Crippen molar-refractivity contribution in [3.63, 3.8) is 0 Å². The third-order valence-electron chi connectivity index (χ3n) is 4.14. The van der Waals surface area contributed by atoms with Gasteiger partial charge < -0.3 is 10.4 Å². The van der Waals surface area contributed by atoms with E-state index >= 15 is 0 Å². The second kappa shape index (κ2) is 6.05. The van der Waals surface area contributed by atoms with Crippen molar-refractivity contribution < 1.29 is 9.90 Å². The molecule has 0 saturated heterocycles. The van der Waals surface area contributed by atoms with Crippen LogP contribution in [0.4, 0.5) is 0 Å². The molecule has 1 amide bonds. The molecule has 1 heterocycles. The van der Waals surface area contributed by atoms with Gasteiger partial charge in [-0.15, -0.1) is 0 Å². The monoisotopic (exact) mass is 275 g/mol. The minimum atomic E-state index is -0.248. The summed E-state index contributed by atoms with van der Waals surface area (Å²) in [6.45, 7) is 4.57. The molecule has 0 bridgehead atoms. The Morgan fingerprint density at radius 1 is 1.35 bits per heavy atom. The molecule has 0 aliphatic heterocycles. The smallest absolute Gasteiger partial charge is 0.272 e. The van der Waals surface area contributed by atoms with Crippen LogP contribution in [0, 0.1) is 5.41 Å². The second-order valence-electron chi connectivity index (χ2n) is 5.17. The Morgan fingerprint density at radius 3 is 2.70 bits per heavy atom. The lowest BCUT2D eigenvalue weighted by Crippen LogP contribution is -2.39. The van der Waals surface area contributed by atoms with Crippen LogP contribution in [0.15, 0.2) is 24.3 Å². The Kier molecular flexibility index (Phi) is 4.39. The first-order valence-electron chi connectivity index (χ1n) is 6.98. The first-order valence-corrected chi connectivity index (χ1v) is 6.98. The minimum absolute atomic E-state index is 0.0710. The van der Waals surface area contributed by atoms with Gasteiger partial charge in [-0.2, -0.15) is 5.10 Å². The number of nitrogens with one attached hydrogen (secondary N) is 2. The zero-order valence-corrected chi connectivity index (χ0v) is 11.9. The van der Waals surface area contributed by atoms with E-state index < -0.39 is 0 Å². The number of fused-ring (bicyclic) bond motifs is 1. The van der Waals surface area contributed by atoms with Gasteiger partial charge in [0.1, 0.15) is 0 Å². The molecule has 3 N–H and O–H groups in total. The Labute approximate surface area is 118 Å². The molecule has 0 saturated carbocycles. The van der Waals surface area contributed by atoms with E-state index in [-0.39, 0.29) is 17.9 Å². The summed E-state index contributed by atoms with van der Waals surface area (Å²) >= 11 is 0. The lowest BCUT2D eigenvalue weighted by atomic mass is 9.83. The molecule has 20 heavy (non-hydrogen) atoms. The van der Waals surface area contributed by atoms with Crippen molar-refractivity contribution in [1.82, 2.24) is 15.5 Å². The van der Waals surface area contributed by atoms with Gasteiger partial charge in [-0.05, 0) is 18.9 Å². The van der Waals surface area contributed by atoms with Crippen LogP contribution in [-0.4, -0.2) is 34.4 Å². The topological polar surface area (TPSA) is 78.0 Å². The van der Waals surface area contributed by atoms with E-state index in [9.17, 15) is 9.90 Å². The highest BCUT2D eigenvalue weighted by atomic mass is 16.3. The highest BCUT2D eigenvalue weighted by molar-refractivity contribution is 6.04. The molecular formula is C15H21N3O2. The molecule has 108 valence electrons. The maximum atomic E-state index is 12.2. The van der Waals surface area contributed by atoms with Crippen LogP contribution >= 0.6 is 0 Å². The van der Waals surface area contributed by atoms with Gasteiger partial charge in [0.25, 0.3) is 5.91 Å². The number of aromatic amines is 1. The van der Waals surface area contributed by atoms with Crippen LogP contribution in [0.1, 0.15) is 37.2 Å². The Bertz CT molecular complexity index is 579. The molecule has 5 nitrogen and oxygen atoms in total. The molecule has 0 aliphatic carbocycles. The summed E-state index contributed by atoms with van der Waals surface area (Å²) < 4.78 is 0. The summed E-state index contributed by atoms with van der Waals surface area (Å²) in [7, 11) is 0. The Balaban J connectivity index is 2.13. The van der Waals surface area contributed by atoms with Gasteiger partial charge >= 0.3 is 0 Å². The number of H-pyrrole nitrogens is 1. The first kappa shape index (κ1) is 14.5. The highest BCUT2D eigenvalue weighted by Gasteiger charge is 2.26. The SMILES string of the molecule is CCC(CC)(CO)CNC(=O)c1n[nH]c2ccccc12. The van der Waals surface area contributed by atoms with Gasteiger partial charge in [-0.1, -0.05) is 32.0 Å². The van der Waals surface area contributed by atoms with E-state index in [4.69, 9.17) is 0 Å². The fourth-order valence-corrected chi connectivity index (χ4v) is 2.27. The van der Waals surface area contributed by atoms with Crippen molar-refractivity contribution in [2.45, 2.75) is 26.7 Å². The molecule has 2 aromatic rings. The summed E-state index contributed by atoms with van der Waals surface area (Å²) in [4.78, 5) is 12.2. The normalized spacial score (nSPS) is 11.8. The van der Waals surface area contributed by atoms with E-state index in [0.29, 0.717) is 12.2 Å². The van der Waals surface area contributed by atoms with Crippen LogP contribution in [0.3, 0.4) is 0 Å². The summed E-state index contributed by atoms with van der Waals surface area (Å²) in [5.41, 5.74) is 0.999. The molecule has 0 aliphatic rings. The third-order valence-corrected chi connectivity index (χ3v) is 4.14. The number of amides is 1. The zero-order chi connectivity index (χ0) is 14.6. The average molecular weight is 275 g/mol.